The average Bonchev–Trinajstić information content (AvgIpc) is 1.86. The van der Waals surface area contributed by atoms with Crippen molar-refractivity contribution in [1.29, 1.82) is 0 Å². The molecule has 1 N–H and O–H groups in total. The molecule has 0 spiro atoms. The first-order valence-electron chi connectivity index (χ1n) is 1.94. The number of aliphatic hydroxyl groups excluding tert-OH is 1. The second-order valence-corrected chi connectivity index (χ2v) is 1.29. The zero-order valence-corrected chi connectivity index (χ0v) is 4.61. The maximum Gasteiger partial charge on any atom is 0.0960 e. The van der Waals surface area contributed by atoms with E-state index in [2.05, 4.69) is 0 Å². The Morgan fingerprint density at radius 1 is 1.57 bits per heavy atom. The van der Waals surface area contributed by atoms with Crippen molar-refractivity contribution in [3.8, 4) is 0 Å². The molecule has 0 heterocycles. The Balaban J connectivity index is 0.000000360. The molecule has 40 valence electrons. The van der Waals surface area contributed by atoms with Crippen molar-refractivity contribution in [3.63, 3.8) is 0 Å². The smallest absolute Gasteiger partial charge is 0.0960 e. The topological polar surface area (TPSA) is 20.2 Å². The van der Waals surface area contributed by atoms with Gasteiger partial charge in [0, 0.05) is 6.42 Å². The Morgan fingerprint density at radius 2 is 2.29 bits per heavy atom. The normalized spacial score (nSPS) is 15.7. The van der Waals surface area contributed by atoms with Crippen LogP contribution in [0.1, 0.15) is 6.42 Å². The largest absolute Gasteiger partial charge is 0.512 e. The van der Waals surface area contributed by atoms with Crippen LogP contribution in [0.5, 0.6) is 0 Å². The fourth-order valence-electron chi connectivity index (χ4n) is 0.436. The summed E-state index contributed by atoms with van der Waals surface area (Å²) in [5, 5.41) is 8.53. The van der Waals surface area contributed by atoms with E-state index in [4.69, 9.17) is 5.11 Å². The summed E-state index contributed by atoms with van der Waals surface area (Å²) in [6, 6.07) is 0. The van der Waals surface area contributed by atoms with Crippen molar-refractivity contribution >= 4 is 12.4 Å². The second-order valence-electron chi connectivity index (χ2n) is 1.29. The van der Waals surface area contributed by atoms with E-state index in [1.807, 2.05) is 12.2 Å². The van der Waals surface area contributed by atoms with Gasteiger partial charge in [0.05, 0.1) is 5.76 Å². The maximum atomic E-state index is 8.53. The monoisotopic (exact) mass is 118 g/mol. The molecule has 0 saturated carbocycles. The molecular weight excluding hydrogens is 112 g/mol. The van der Waals surface area contributed by atoms with Gasteiger partial charge in [-0.15, -0.1) is 12.4 Å². The van der Waals surface area contributed by atoms with Crippen LogP contribution in [0.2, 0.25) is 0 Å². The number of halogens is 1. The Bertz CT molecular complexity index is 105. The van der Waals surface area contributed by atoms with Crippen LogP contribution in [0.25, 0.3) is 0 Å². The molecule has 1 aliphatic carbocycles. The standard InChI is InChI=1S/C5H6O.ClH/c6-5-3-1-2-4-5;/h1-3,6H,4H2;1H. The first-order valence-corrected chi connectivity index (χ1v) is 1.94. The highest BCUT2D eigenvalue weighted by Gasteiger charge is 1.89. The van der Waals surface area contributed by atoms with Crippen molar-refractivity contribution in [2.75, 3.05) is 0 Å². The van der Waals surface area contributed by atoms with Crippen molar-refractivity contribution in [1.82, 2.24) is 0 Å². The highest BCUT2D eigenvalue weighted by Crippen LogP contribution is 2.03. The third-order valence-electron chi connectivity index (χ3n) is 0.752. The van der Waals surface area contributed by atoms with E-state index in [1.165, 1.54) is 0 Å². The molecule has 0 aliphatic heterocycles. The highest BCUT2D eigenvalue weighted by molar-refractivity contribution is 5.85. The van der Waals surface area contributed by atoms with Crippen LogP contribution in [-0.2, 0) is 0 Å². The van der Waals surface area contributed by atoms with E-state index in [0.29, 0.717) is 5.76 Å². The average molecular weight is 119 g/mol. The van der Waals surface area contributed by atoms with E-state index in [-0.39, 0.29) is 12.4 Å². The summed E-state index contributed by atoms with van der Waals surface area (Å²) < 4.78 is 0. The fraction of sp³-hybridized carbons (Fsp3) is 0.200. The summed E-state index contributed by atoms with van der Waals surface area (Å²) in [5.41, 5.74) is 0. The minimum absolute atomic E-state index is 0. The van der Waals surface area contributed by atoms with E-state index >= 15 is 0 Å². The third kappa shape index (κ3) is 1.64. The molecule has 1 nitrogen and oxygen atoms in total. The lowest BCUT2D eigenvalue weighted by molar-refractivity contribution is 0.404. The van der Waals surface area contributed by atoms with E-state index in [9.17, 15) is 0 Å². The molecule has 0 saturated heterocycles. The molecule has 2 heteroatoms. The minimum Gasteiger partial charge on any atom is -0.512 e. The summed E-state index contributed by atoms with van der Waals surface area (Å²) in [7, 11) is 0. The molecule has 0 amide bonds. The lowest BCUT2D eigenvalue weighted by Crippen LogP contribution is -1.66. The molecular formula is C5H7ClO. The van der Waals surface area contributed by atoms with Crippen LogP contribution in [0.4, 0.5) is 0 Å². The van der Waals surface area contributed by atoms with Gasteiger partial charge in [-0.1, -0.05) is 12.2 Å². The third-order valence-corrected chi connectivity index (χ3v) is 0.752. The van der Waals surface area contributed by atoms with Crippen molar-refractivity contribution < 1.29 is 5.11 Å². The van der Waals surface area contributed by atoms with E-state index in [0.717, 1.165) is 6.42 Å². The predicted octanol–water partition coefficient (Wildman–Crippen LogP) is 1.81. The zero-order chi connectivity index (χ0) is 4.41. The summed E-state index contributed by atoms with van der Waals surface area (Å²) in [6.07, 6.45) is 6.17. The van der Waals surface area contributed by atoms with Crippen LogP contribution >= 0.6 is 12.4 Å². The number of hydrogen-bond acceptors (Lipinski definition) is 1. The van der Waals surface area contributed by atoms with Crippen LogP contribution in [0.3, 0.4) is 0 Å². The number of hydrogen-bond donors (Lipinski definition) is 1. The fourth-order valence-corrected chi connectivity index (χ4v) is 0.436. The van der Waals surface area contributed by atoms with Crippen molar-refractivity contribution in [3.05, 3.63) is 24.0 Å². The minimum atomic E-state index is 0. The zero-order valence-electron chi connectivity index (χ0n) is 3.79. The Labute approximate surface area is 48.8 Å². The van der Waals surface area contributed by atoms with Gasteiger partial charge in [0.2, 0.25) is 0 Å². The molecule has 1 rings (SSSR count). The van der Waals surface area contributed by atoms with Gasteiger partial charge in [0.1, 0.15) is 0 Å². The lowest BCUT2D eigenvalue weighted by Gasteiger charge is -1.79. The summed E-state index contributed by atoms with van der Waals surface area (Å²) in [4.78, 5) is 0. The summed E-state index contributed by atoms with van der Waals surface area (Å²) >= 11 is 0. The van der Waals surface area contributed by atoms with Gasteiger partial charge >= 0.3 is 0 Å². The SMILES string of the molecule is Cl.OC1=CC=CC1. The molecule has 1 aliphatic rings. The molecule has 0 aromatic heterocycles. The molecule has 0 bridgehead atoms. The van der Waals surface area contributed by atoms with Crippen molar-refractivity contribution in [2.24, 2.45) is 0 Å². The second kappa shape index (κ2) is 2.69. The first-order chi connectivity index (χ1) is 2.89. The van der Waals surface area contributed by atoms with E-state index in [1.54, 1.807) is 6.08 Å². The Hall–Kier alpha value is -0.430. The van der Waals surface area contributed by atoms with Crippen LogP contribution in [-0.4, -0.2) is 5.11 Å². The van der Waals surface area contributed by atoms with Gasteiger partial charge in [0.15, 0.2) is 0 Å². The summed E-state index contributed by atoms with van der Waals surface area (Å²) in [6.45, 7) is 0. The molecule has 0 radical (unpaired) electrons. The first kappa shape index (κ1) is 6.57. The number of rotatable bonds is 0. The van der Waals surface area contributed by atoms with Gasteiger partial charge in [-0.05, 0) is 6.08 Å². The molecule has 0 aromatic carbocycles. The van der Waals surface area contributed by atoms with Gasteiger partial charge in [-0.3, -0.25) is 0 Å². The lowest BCUT2D eigenvalue weighted by atomic mass is 10.4. The van der Waals surface area contributed by atoms with Gasteiger partial charge in [-0.2, -0.15) is 0 Å². The van der Waals surface area contributed by atoms with Crippen LogP contribution in [0, 0.1) is 0 Å². The quantitative estimate of drug-likeness (QED) is 0.514. The molecule has 7 heavy (non-hydrogen) atoms. The maximum absolute atomic E-state index is 8.53. The molecule has 0 aromatic rings. The summed E-state index contributed by atoms with van der Waals surface area (Å²) in [5.74, 6) is 0.468. The van der Waals surface area contributed by atoms with Crippen LogP contribution < -0.4 is 0 Å². The number of allylic oxidation sites excluding steroid dienone is 3. The molecule has 0 unspecified atom stereocenters. The molecule has 0 atom stereocenters. The van der Waals surface area contributed by atoms with Gasteiger partial charge in [0.25, 0.3) is 0 Å². The molecule has 0 fully saturated rings. The van der Waals surface area contributed by atoms with E-state index < -0.39 is 0 Å². The Morgan fingerprint density at radius 3 is 2.43 bits per heavy atom. The Kier molecular flexibility index (Phi) is 2.53. The van der Waals surface area contributed by atoms with Crippen molar-refractivity contribution in [2.45, 2.75) is 6.42 Å². The highest BCUT2D eigenvalue weighted by atomic mass is 35.5. The number of aliphatic hydroxyl groups is 1. The van der Waals surface area contributed by atoms with Gasteiger partial charge in [-0.25, -0.2) is 0 Å². The van der Waals surface area contributed by atoms with Crippen LogP contribution in [0.15, 0.2) is 24.0 Å². The predicted molar refractivity (Wildman–Crippen MR) is 31.7 cm³/mol. The van der Waals surface area contributed by atoms with Gasteiger partial charge < -0.3 is 5.11 Å².